The molecule has 4 N–H and O–H groups in total. The number of ether oxygens (including phenoxy) is 2. The number of carbonyl (C=O) groups is 2. The third-order valence-corrected chi connectivity index (χ3v) is 12.7. The predicted molar refractivity (Wildman–Crippen MR) is 254 cm³/mol. The second kappa shape index (κ2) is 21.0. The highest BCUT2D eigenvalue weighted by Crippen LogP contribution is 2.38. The van der Waals surface area contributed by atoms with E-state index >= 15 is 0 Å². The molecule has 0 radical (unpaired) electrons. The minimum absolute atomic E-state index is 0.0342. The first kappa shape index (κ1) is 48.3. The average molecular weight is 987 g/mol. The average Bonchev–Trinajstić information content (AvgIpc) is 4.00. The van der Waals surface area contributed by atoms with Crippen LogP contribution < -0.4 is 20.9 Å². The summed E-state index contributed by atoms with van der Waals surface area (Å²) in [7, 11) is 0. The topological polar surface area (TPSA) is 169 Å². The van der Waals surface area contributed by atoms with E-state index in [-0.39, 0.29) is 11.1 Å². The summed E-state index contributed by atoms with van der Waals surface area (Å²) in [6, 6.07) is 30.8. The molecule has 10 rings (SSSR count). The third-order valence-electron chi connectivity index (χ3n) is 10.6. The van der Waals surface area contributed by atoms with Gasteiger partial charge in [0.2, 0.25) is 0 Å². The molecule has 8 aromatic rings. The number of carboxylic acids is 1. The van der Waals surface area contributed by atoms with Crippen molar-refractivity contribution in [3.63, 3.8) is 0 Å². The molecule has 0 spiro atoms. The molecule has 6 heterocycles. The van der Waals surface area contributed by atoms with Crippen LogP contribution in [0.1, 0.15) is 31.8 Å². The van der Waals surface area contributed by atoms with Crippen molar-refractivity contribution in [3.8, 4) is 21.1 Å². The van der Waals surface area contributed by atoms with Gasteiger partial charge >= 0.3 is 18.3 Å². The highest BCUT2D eigenvalue weighted by atomic mass is 32.1. The number of benzene rings is 4. The number of amides is 1. The molecular weight excluding hydrogens is 947 g/mol. The Morgan fingerprint density at radius 2 is 1.03 bits per heavy atom. The lowest BCUT2D eigenvalue weighted by Gasteiger charge is -2.28. The predicted octanol–water partition coefficient (Wildman–Crippen LogP) is 10.6. The number of anilines is 4. The fourth-order valence-electron chi connectivity index (χ4n) is 7.21. The van der Waals surface area contributed by atoms with E-state index in [2.05, 4.69) is 35.1 Å². The van der Waals surface area contributed by atoms with Gasteiger partial charge in [-0.25, -0.2) is 24.7 Å². The second-order valence-electron chi connectivity index (χ2n) is 15.3. The van der Waals surface area contributed by atoms with Crippen molar-refractivity contribution in [3.05, 3.63) is 144 Å². The van der Waals surface area contributed by atoms with Gasteiger partial charge in [0.15, 0.2) is 0 Å². The van der Waals surface area contributed by atoms with Crippen LogP contribution in [0.4, 0.5) is 49.6 Å². The number of hydrogen-bond acceptors (Lipinski definition) is 13. The number of nitrogens with one attached hydrogen (secondary N) is 1. The lowest BCUT2D eigenvalue weighted by atomic mass is 10.1. The van der Waals surface area contributed by atoms with E-state index in [1.165, 1.54) is 35.6 Å². The maximum absolute atomic E-state index is 13.1. The molecule has 21 heteroatoms. The lowest BCUT2D eigenvalue weighted by molar-refractivity contribution is -0.138. The van der Waals surface area contributed by atoms with Crippen LogP contribution in [0.25, 0.3) is 41.6 Å². The number of nitrogens with zero attached hydrogens (tertiary/aromatic N) is 6. The molecule has 356 valence electrons. The first-order valence-corrected chi connectivity index (χ1v) is 22.8. The van der Waals surface area contributed by atoms with Crippen molar-refractivity contribution in [2.24, 2.45) is 0 Å². The van der Waals surface area contributed by atoms with Gasteiger partial charge in [-0.3, -0.25) is 4.79 Å². The molecule has 2 aliphatic rings. The first-order valence-electron chi connectivity index (χ1n) is 21.1. The van der Waals surface area contributed by atoms with Crippen molar-refractivity contribution in [2.45, 2.75) is 12.4 Å². The van der Waals surface area contributed by atoms with Gasteiger partial charge in [-0.2, -0.15) is 26.3 Å². The summed E-state index contributed by atoms with van der Waals surface area (Å²) < 4.78 is 89.6. The number of carbonyl (C=O) groups excluding carboxylic acids is 1. The van der Waals surface area contributed by atoms with Gasteiger partial charge in [0, 0.05) is 37.3 Å². The SMILES string of the molecule is Nc1cccc(N2CCOCC2)n1.O=C(Nc1cccc(N2CCOCC2)n1)c1cccc2sc(-c3cccc(C(F)(F)F)c3)nc12.O=C(O)c1cccc2sc(-c3cccc(C(F)(F)F)c3)nc12. The second-order valence-corrected chi connectivity index (χ2v) is 17.3. The standard InChI is InChI=1S/C24H19F3N4O2S.C15H8F3NO2S.C9H13N3O/c25-24(26,27)16-5-1-4-15(14-16)23-30-21-17(6-2-7-18(21)34-23)22(32)29-19-8-3-9-20(28-19)31-10-12-33-13-11-31;16-15(17,18)9-4-1-3-8(7-9)13-19-12-10(14(20)21)5-2-6-11(12)22-13;10-8-2-1-3-9(11-8)12-4-6-13-7-5-12/h1-9,14H,10-13H2,(H,28,29,32);1-7H,(H,20,21);1-3H,4-7H2,(H2,10,11). The van der Waals surface area contributed by atoms with E-state index in [0.717, 1.165) is 86.6 Å². The Bertz CT molecular complexity index is 3100. The normalized spacial score (nSPS) is 14.1. The van der Waals surface area contributed by atoms with E-state index in [9.17, 15) is 35.9 Å². The molecule has 0 saturated carbocycles. The molecule has 2 saturated heterocycles. The summed E-state index contributed by atoms with van der Waals surface area (Å²) >= 11 is 2.40. The van der Waals surface area contributed by atoms with Gasteiger partial charge in [0.1, 0.15) is 33.3 Å². The smallest absolute Gasteiger partial charge is 0.416 e. The van der Waals surface area contributed by atoms with Gasteiger partial charge in [0.05, 0.1) is 69.1 Å². The Morgan fingerprint density at radius 1 is 0.580 bits per heavy atom. The number of rotatable bonds is 7. The van der Waals surface area contributed by atoms with Crippen LogP contribution in [0, 0.1) is 0 Å². The largest absolute Gasteiger partial charge is 0.478 e. The van der Waals surface area contributed by atoms with Crippen LogP contribution in [0.5, 0.6) is 0 Å². The number of carboxylic acid groups (broad SMARTS) is 1. The summed E-state index contributed by atoms with van der Waals surface area (Å²) in [6.07, 6.45) is -8.88. The Labute approximate surface area is 397 Å². The Hall–Kier alpha value is -7.20. The number of para-hydroxylation sites is 2. The molecule has 0 atom stereocenters. The van der Waals surface area contributed by atoms with Crippen LogP contribution in [0.2, 0.25) is 0 Å². The van der Waals surface area contributed by atoms with Gasteiger partial charge in [-0.1, -0.05) is 48.5 Å². The van der Waals surface area contributed by atoms with Crippen LogP contribution >= 0.6 is 22.7 Å². The number of hydrogen-bond donors (Lipinski definition) is 3. The maximum Gasteiger partial charge on any atom is 0.416 e. The number of fused-ring (bicyclic) bond motifs is 2. The number of nitrogens with two attached hydrogens (primary N) is 1. The molecule has 69 heavy (non-hydrogen) atoms. The number of thiazole rings is 2. The van der Waals surface area contributed by atoms with E-state index in [4.69, 9.17) is 20.3 Å². The maximum atomic E-state index is 13.1. The molecule has 0 bridgehead atoms. The highest BCUT2D eigenvalue weighted by Gasteiger charge is 2.32. The molecule has 0 aliphatic carbocycles. The summed E-state index contributed by atoms with van der Waals surface area (Å²) in [4.78, 5) is 46.0. The van der Waals surface area contributed by atoms with Crippen molar-refractivity contribution in [1.82, 2.24) is 19.9 Å². The zero-order chi connectivity index (χ0) is 48.7. The minimum Gasteiger partial charge on any atom is -0.478 e. The fourth-order valence-corrected chi connectivity index (χ4v) is 9.19. The zero-order valence-electron chi connectivity index (χ0n) is 36.1. The van der Waals surface area contributed by atoms with Crippen molar-refractivity contribution < 1.29 is 50.5 Å². The van der Waals surface area contributed by atoms with Gasteiger partial charge < -0.3 is 35.4 Å². The zero-order valence-corrected chi connectivity index (χ0v) is 37.8. The van der Waals surface area contributed by atoms with Crippen molar-refractivity contribution in [2.75, 3.05) is 73.5 Å². The number of halogens is 6. The molecule has 13 nitrogen and oxygen atoms in total. The number of alkyl halides is 6. The van der Waals surface area contributed by atoms with E-state index in [0.29, 0.717) is 66.5 Å². The monoisotopic (exact) mass is 986 g/mol. The molecular formula is C48H40F6N8O5S2. The van der Waals surface area contributed by atoms with Gasteiger partial charge in [-0.15, -0.1) is 22.7 Å². The van der Waals surface area contributed by atoms with Crippen LogP contribution in [-0.4, -0.2) is 89.5 Å². The van der Waals surface area contributed by atoms with Crippen molar-refractivity contribution >= 4 is 78.3 Å². The molecule has 1 amide bonds. The number of nitrogen functional groups attached to an aromatic ring is 1. The first-order chi connectivity index (χ1) is 33.1. The summed E-state index contributed by atoms with van der Waals surface area (Å²) in [5, 5.41) is 12.7. The van der Waals surface area contributed by atoms with Crippen LogP contribution in [0.15, 0.2) is 121 Å². The highest BCUT2D eigenvalue weighted by molar-refractivity contribution is 7.22. The Kier molecular flexibility index (Phi) is 14.7. The molecule has 2 aliphatic heterocycles. The third kappa shape index (κ3) is 11.9. The van der Waals surface area contributed by atoms with Gasteiger partial charge in [0.25, 0.3) is 5.91 Å². The number of morpholine rings is 2. The molecule has 4 aromatic heterocycles. The summed E-state index contributed by atoms with van der Waals surface area (Å²) in [5.41, 5.74) is 5.83. The molecule has 4 aromatic carbocycles. The minimum atomic E-state index is -4.44. The number of pyridine rings is 2. The number of aromatic carboxylic acids is 1. The molecule has 0 unspecified atom stereocenters. The van der Waals surface area contributed by atoms with Gasteiger partial charge in [-0.05, 0) is 72.8 Å². The Morgan fingerprint density at radius 3 is 1.52 bits per heavy atom. The quantitative estimate of drug-likeness (QED) is 0.129. The van der Waals surface area contributed by atoms with Crippen molar-refractivity contribution in [1.29, 1.82) is 0 Å². The fraction of sp³-hybridized carbons (Fsp3) is 0.208. The molecule has 2 fully saturated rings. The van der Waals surface area contributed by atoms with Crippen LogP contribution in [0.3, 0.4) is 0 Å². The lowest BCUT2D eigenvalue weighted by Crippen LogP contribution is -2.36. The Balaban J connectivity index is 0.000000156. The summed E-state index contributed by atoms with van der Waals surface area (Å²) in [5.74, 6) is 1.16. The number of aromatic nitrogens is 4. The van der Waals surface area contributed by atoms with E-state index in [1.54, 1.807) is 48.5 Å². The summed E-state index contributed by atoms with van der Waals surface area (Å²) in [6.45, 7) is 6.04. The van der Waals surface area contributed by atoms with E-state index in [1.807, 2.05) is 24.3 Å². The van der Waals surface area contributed by atoms with Crippen LogP contribution in [-0.2, 0) is 21.8 Å². The van der Waals surface area contributed by atoms with E-state index < -0.39 is 35.4 Å².